The van der Waals surface area contributed by atoms with Crippen LogP contribution in [0, 0.1) is 0 Å². The number of aromatic nitrogens is 3. The summed E-state index contributed by atoms with van der Waals surface area (Å²) in [5, 5.41) is 15.7. The van der Waals surface area contributed by atoms with Crippen molar-refractivity contribution >= 4 is 12.4 Å². The van der Waals surface area contributed by atoms with Crippen LogP contribution < -0.4 is 11.0 Å². The highest BCUT2D eigenvalue weighted by atomic mass is 16.5. The average Bonchev–Trinajstić information content (AvgIpc) is 2.89. The van der Waals surface area contributed by atoms with E-state index in [1.807, 2.05) is 20.8 Å². The molecule has 1 unspecified atom stereocenters. The SMILES string of the molecule is CC(C(=O)NCc1n[nH]c(=O)[nH]1)N1C[C@@H](C)O[C@@H](C)C1.O=CO. The quantitative estimate of drug-likeness (QED) is 0.515. The number of hydrogen-bond acceptors (Lipinski definition) is 6. The molecule has 3 atom stereocenters. The van der Waals surface area contributed by atoms with Crippen molar-refractivity contribution in [1.29, 1.82) is 0 Å². The molecule has 1 saturated heterocycles. The first-order chi connectivity index (χ1) is 10.9. The molecule has 1 aromatic heterocycles. The molecule has 0 radical (unpaired) electrons. The summed E-state index contributed by atoms with van der Waals surface area (Å²) in [7, 11) is 0. The minimum Gasteiger partial charge on any atom is -0.483 e. The summed E-state index contributed by atoms with van der Waals surface area (Å²) in [4.78, 5) is 35.9. The van der Waals surface area contributed by atoms with Crippen molar-refractivity contribution in [2.45, 2.75) is 45.6 Å². The molecular weight excluding hydrogens is 306 g/mol. The largest absolute Gasteiger partial charge is 0.483 e. The van der Waals surface area contributed by atoms with Gasteiger partial charge >= 0.3 is 5.69 Å². The van der Waals surface area contributed by atoms with Crippen LogP contribution in [0.15, 0.2) is 4.79 Å². The highest BCUT2D eigenvalue weighted by Crippen LogP contribution is 2.13. The molecular formula is C13H23N5O5. The summed E-state index contributed by atoms with van der Waals surface area (Å²) >= 11 is 0. The molecule has 0 aromatic carbocycles. The van der Waals surface area contributed by atoms with E-state index < -0.39 is 0 Å². The van der Waals surface area contributed by atoms with E-state index in [0.29, 0.717) is 5.82 Å². The lowest BCUT2D eigenvalue weighted by atomic mass is 10.1. The maximum atomic E-state index is 12.1. The number of carboxylic acid groups (broad SMARTS) is 1. The summed E-state index contributed by atoms with van der Waals surface area (Å²) in [6.07, 6.45) is 0.244. The lowest BCUT2D eigenvalue weighted by Crippen LogP contribution is -2.53. The Kier molecular flexibility index (Phi) is 7.42. The molecule has 10 nitrogen and oxygen atoms in total. The van der Waals surface area contributed by atoms with Gasteiger partial charge in [0, 0.05) is 13.1 Å². The minimum atomic E-state index is -0.377. The number of amides is 1. The first-order valence-electron chi connectivity index (χ1n) is 7.26. The number of carbonyl (C=O) groups excluding carboxylic acids is 1. The third-order valence-electron chi connectivity index (χ3n) is 3.36. The summed E-state index contributed by atoms with van der Waals surface area (Å²) in [6.45, 7) is 7.30. The Balaban J connectivity index is 0.000000816. The molecule has 130 valence electrons. The number of nitrogens with one attached hydrogen (secondary N) is 3. The molecule has 2 heterocycles. The van der Waals surface area contributed by atoms with E-state index in [4.69, 9.17) is 14.6 Å². The van der Waals surface area contributed by atoms with Crippen LogP contribution >= 0.6 is 0 Å². The lowest BCUT2D eigenvalue weighted by molar-refractivity contribution is -0.132. The van der Waals surface area contributed by atoms with E-state index in [1.54, 1.807) is 0 Å². The fourth-order valence-electron chi connectivity index (χ4n) is 2.41. The Bertz CT molecular complexity index is 547. The van der Waals surface area contributed by atoms with Gasteiger partial charge in [0.2, 0.25) is 5.91 Å². The van der Waals surface area contributed by atoms with Crippen LogP contribution in [0.1, 0.15) is 26.6 Å². The van der Waals surface area contributed by atoms with Gasteiger partial charge in [-0.05, 0) is 20.8 Å². The van der Waals surface area contributed by atoms with E-state index in [1.165, 1.54) is 0 Å². The third-order valence-corrected chi connectivity index (χ3v) is 3.36. The summed E-state index contributed by atoms with van der Waals surface area (Å²) < 4.78 is 5.65. The number of nitrogens with zero attached hydrogens (tertiary/aromatic N) is 2. The lowest BCUT2D eigenvalue weighted by Gasteiger charge is -2.38. The zero-order valence-corrected chi connectivity index (χ0v) is 13.4. The standard InChI is InChI=1S/C12H21N5O3.CH2O2/c1-7-5-17(6-8(2)20-7)9(3)11(18)13-4-10-14-12(19)16-15-10;2-1-3/h7-9H,4-6H2,1-3H3,(H,13,18)(H2,14,15,16,19);1H,(H,2,3)/t7-,8+,9?;. The smallest absolute Gasteiger partial charge is 0.340 e. The van der Waals surface area contributed by atoms with E-state index >= 15 is 0 Å². The number of aromatic amines is 2. The summed E-state index contributed by atoms with van der Waals surface area (Å²) in [6, 6.07) is -0.241. The zero-order chi connectivity index (χ0) is 17.4. The van der Waals surface area contributed by atoms with Crippen LogP contribution in [0.4, 0.5) is 0 Å². The van der Waals surface area contributed by atoms with Gasteiger partial charge < -0.3 is 15.2 Å². The molecule has 0 spiro atoms. The second-order valence-electron chi connectivity index (χ2n) is 5.33. The Hall–Kier alpha value is -2.20. The molecule has 0 bridgehead atoms. The van der Waals surface area contributed by atoms with Gasteiger partial charge in [-0.3, -0.25) is 19.5 Å². The molecule has 1 amide bonds. The average molecular weight is 329 g/mol. The Morgan fingerprint density at radius 1 is 1.52 bits per heavy atom. The second-order valence-corrected chi connectivity index (χ2v) is 5.33. The third kappa shape index (κ3) is 6.20. The summed E-state index contributed by atoms with van der Waals surface area (Å²) in [5.41, 5.74) is -0.377. The molecule has 1 aliphatic rings. The number of hydrogen-bond donors (Lipinski definition) is 4. The number of morpholine rings is 1. The predicted molar refractivity (Wildman–Crippen MR) is 80.8 cm³/mol. The molecule has 23 heavy (non-hydrogen) atoms. The zero-order valence-electron chi connectivity index (χ0n) is 13.4. The fourth-order valence-corrected chi connectivity index (χ4v) is 2.41. The van der Waals surface area contributed by atoms with Crippen LogP contribution in [0.2, 0.25) is 0 Å². The van der Waals surface area contributed by atoms with Crippen molar-refractivity contribution < 1.29 is 19.4 Å². The normalized spacial score (nSPS) is 22.6. The van der Waals surface area contributed by atoms with Crippen LogP contribution in [-0.2, 0) is 20.9 Å². The van der Waals surface area contributed by atoms with Crippen molar-refractivity contribution in [1.82, 2.24) is 25.4 Å². The van der Waals surface area contributed by atoms with Gasteiger partial charge in [0.1, 0.15) is 5.82 Å². The van der Waals surface area contributed by atoms with Gasteiger partial charge in [-0.1, -0.05) is 0 Å². The van der Waals surface area contributed by atoms with E-state index in [0.717, 1.165) is 13.1 Å². The van der Waals surface area contributed by atoms with Gasteiger partial charge in [0.05, 0.1) is 24.8 Å². The van der Waals surface area contributed by atoms with Crippen molar-refractivity contribution in [3.8, 4) is 0 Å². The number of carbonyl (C=O) groups is 2. The number of rotatable bonds is 4. The highest BCUT2D eigenvalue weighted by molar-refractivity contribution is 5.81. The fraction of sp³-hybridized carbons (Fsp3) is 0.692. The van der Waals surface area contributed by atoms with Crippen LogP contribution in [0.25, 0.3) is 0 Å². The molecule has 0 aliphatic carbocycles. The van der Waals surface area contributed by atoms with Gasteiger partial charge in [-0.25, -0.2) is 9.89 Å². The van der Waals surface area contributed by atoms with Crippen molar-refractivity contribution in [2.75, 3.05) is 13.1 Å². The number of H-pyrrole nitrogens is 2. The molecule has 4 N–H and O–H groups in total. The highest BCUT2D eigenvalue weighted by Gasteiger charge is 2.29. The van der Waals surface area contributed by atoms with Crippen molar-refractivity contribution in [3.05, 3.63) is 16.3 Å². The topological polar surface area (TPSA) is 140 Å². The van der Waals surface area contributed by atoms with Crippen LogP contribution in [0.5, 0.6) is 0 Å². The Morgan fingerprint density at radius 3 is 2.57 bits per heavy atom. The van der Waals surface area contributed by atoms with E-state index in [2.05, 4.69) is 25.4 Å². The number of ether oxygens (including phenoxy) is 1. The maximum Gasteiger partial charge on any atom is 0.340 e. The monoisotopic (exact) mass is 329 g/mol. The van der Waals surface area contributed by atoms with Gasteiger partial charge in [0.15, 0.2) is 0 Å². The van der Waals surface area contributed by atoms with Crippen LogP contribution in [0.3, 0.4) is 0 Å². The molecule has 10 heteroatoms. The second kappa shape index (κ2) is 9.06. The summed E-state index contributed by atoms with van der Waals surface area (Å²) in [5.74, 6) is 0.328. The van der Waals surface area contributed by atoms with Crippen molar-refractivity contribution in [3.63, 3.8) is 0 Å². The molecule has 2 rings (SSSR count). The first kappa shape index (κ1) is 18.8. The predicted octanol–water partition coefficient (Wildman–Crippen LogP) is -1.09. The first-order valence-corrected chi connectivity index (χ1v) is 7.26. The minimum absolute atomic E-state index is 0.0878. The molecule has 1 fully saturated rings. The van der Waals surface area contributed by atoms with Gasteiger partial charge in [-0.2, -0.15) is 5.10 Å². The van der Waals surface area contributed by atoms with Crippen molar-refractivity contribution in [2.24, 2.45) is 0 Å². The maximum absolute atomic E-state index is 12.1. The molecule has 0 saturated carbocycles. The Labute approximate surface area is 133 Å². The molecule has 1 aliphatic heterocycles. The molecule has 1 aromatic rings. The van der Waals surface area contributed by atoms with E-state index in [9.17, 15) is 9.59 Å². The van der Waals surface area contributed by atoms with E-state index in [-0.39, 0.29) is 42.9 Å². The van der Waals surface area contributed by atoms with Crippen LogP contribution in [-0.4, -0.2) is 68.9 Å². The van der Waals surface area contributed by atoms with Gasteiger partial charge in [0.25, 0.3) is 6.47 Å². The Morgan fingerprint density at radius 2 is 2.09 bits per heavy atom. The van der Waals surface area contributed by atoms with Gasteiger partial charge in [-0.15, -0.1) is 0 Å².